The number of benzene rings is 1. The SMILES string of the molecule is CCCn1c(=O)[nH]c(=O)c2cc(C(=O)NCc3nc4ccccc4s3)cnc21. The van der Waals surface area contributed by atoms with Gasteiger partial charge in [-0.2, -0.15) is 0 Å². The largest absolute Gasteiger partial charge is 0.345 e. The highest BCUT2D eigenvalue weighted by atomic mass is 32.1. The molecule has 0 aliphatic carbocycles. The van der Waals surface area contributed by atoms with Crippen LogP contribution in [0, 0.1) is 0 Å². The Morgan fingerprint density at radius 1 is 1.29 bits per heavy atom. The first-order valence-corrected chi connectivity index (χ1v) is 9.64. The molecule has 0 radical (unpaired) electrons. The molecule has 8 nitrogen and oxygen atoms in total. The Bertz CT molecular complexity index is 1270. The van der Waals surface area contributed by atoms with Crippen LogP contribution in [0.3, 0.4) is 0 Å². The number of aromatic amines is 1. The minimum absolute atomic E-state index is 0.209. The lowest BCUT2D eigenvalue weighted by molar-refractivity contribution is 0.0950. The van der Waals surface area contributed by atoms with Crippen LogP contribution in [-0.2, 0) is 13.1 Å². The topological polar surface area (TPSA) is 110 Å². The number of carbonyl (C=O) groups excluding carboxylic acids is 1. The van der Waals surface area contributed by atoms with Gasteiger partial charge in [0.1, 0.15) is 10.7 Å². The van der Waals surface area contributed by atoms with Gasteiger partial charge in [0, 0.05) is 12.7 Å². The van der Waals surface area contributed by atoms with Gasteiger partial charge in [0.25, 0.3) is 11.5 Å². The number of amides is 1. The Morgan fingerprint density at radius 2 is 2.11 bits per heavy atom. The van der Waals surface area contributed by atoms with Crippen LogP contribution in [0.25, 0.3) is 21.3 Å². The Labute approximate surface area is 162 Å². The van der Waals surface area contributed by atoms with Crippen molar-refractivity contribution in [2.24, 2.45) is 0 Å². The number of hydrogen-bond donors (Lipinski definition) is 2. The zero-order chi connectivity index (χ0) is 19.7. The minimum Gasteiger partial charge on any atom is -0.345 e. The fraction of sp³-hybridized carbons (Fsp3) is 0.211. The summed E-state index contributed by atoms with van der Waals surface area (Å²) >= 11 is 1.51. The summed E-state index contributed by atoms with van der Waals surface area (Å²) < 4.78 is 2.46. The van der Waals surface area contributed by atoms with Crippen molar-refractivity contribution in [2.45, 2.75) is 26.4 Å². The highest BCUT2D eigenvalue weighted by molar-refractivity contribution is 7.18. The molecule has 1 aromatic carbocycles. The minimum atomic E-state index is -0.555. The molecule has 3 aromatic heterocycles. The van der Waals surface area contributed by atoms with Gasteiger partial charge in [-0.15, -0.1) is 11.3 Å². The smallest absolute Gasteiger partial charge is 0.329 e. The fourth-order valence-electron chi connectivity index (χ4n) is 2.98. The number of nitrogens with zero attached hydrogens (tertiary/aromatic N) is 3. The lowest BCUT2D eigenvalue weighted by atomic mass is 10.2. The Kier molecular flexibility index (Phi) is 4.74. The molecule has 4 aromatic rings. The average molecular weight is 395 g/mol. The predicted molar refractivity (Wildman–Crippen MR) is 108 cm³/mol. The van der Waals surface area contributed by atoms with Crippen molar-refractivity contribution in [1.82, 2.24) is 24.8 Å². The van der Waals surface area contributed by atoms with E-state index in [1.807, 2.05) is 31.2 Å². The number of para-hydroxylation sites is 1. The van der Waals surface area contributed by atoms with E-state index in [4.69, 9.17) is 0 Å². The van der Waals surface area contributed by atoms with E-state index in [0.717, 1.165) is 15.2 Å². The van der Waals surface area contributed by atoms with Gasteiger partial charge < -0.3 is 5.32 Å². The number of hydrogen-bond acceptors (Lipinski definition) is 6. The van der Waals surface area contributed by atoms with Crippen molar-refractivity contribution < 1.29 is 4.79 Å². The summed E-state index contributed by atoms with van der Waals surface area (Å²) in [6.07, 6.45) is 2.09. The van der Waals surface area contributed by atoms with Crippen LogP contribution >= 0.6 is 11.3 Å². The molecule has 2 N–H and O–H groups in total. The summed E-state index contributed by atoms with van der Waals surface area (Å²) in [5, 5.41) is 3.80. The molecule has 9 heteroatoms. The highest BCUT2D eigenvalue weighted by Crippen LogP contribution is 2.21. The van der Waals surface area contributed by atoms with E-state index in [2.05, 4.69) is 20.3 Å². The normalized spacial score (nSPS) is 11.2. The molecule has 0 bridgehead atoms. The van der Waals surface area contributed by atoms with Crippen molar-refractivity contribution >= 4 is 38.5 Å². The van der Waals surface area contributed by atoms with Crippen molar-refractivity contribution in [3.05, 3.63) is 67.9 Å². The first-order valence-electron chi connectivity index (χ1n) is 8.82. The fourth-order valence-corrected chi connectivity index (χ4v) is 3.88. The first kappa shape index (κ1) is 18.1. The van der Waals surface area contributed by atoms with E-state index >= 15 is 0 Å². The summed E-state index contributed by atoms with van der Waals surface area (Å²) in [6.45, 7) is 2.64. The number of thiazole rings is 1. The van der Waals surface area contributed by atoms with Crippen molar-refractivity contribution in [1.29, 1.82) is 0 Å². The lowest BCUT2D eigenvalue weighted by Gasteiger charge is -2.08. The van der Waals surface area contributed by atoms with Crippen LogP contribution in [0.2, 0.25) is 0 Å². The van der Waals surface area contributed by atoms with Gasteiger partial charge in [-0.3, -0.25) is 19.1 Å². The molecule has 1 amide bonds. The van der Waals surface area contributed by atoms with Gasteiger partial charge in [-0.1, -0.05) is 19.1 Å². The number of nitrogens with one attached hydrogen (secondary N) is 2. The number of fused-ring (bicyclic) bond motifs is 2. The molecule has 0 saturated carbocycles. The summed E-state index contributed by atoms with van der Waals surface area (Å²) in [5.74, 6) is -0.360. The van der Waals surface area contributed by atoms with E-state index in [1.165, 1.54) is 28.2 Å². The molecule has 0 atom stereocenters. The van der Waals surface area contributed by atoms with Gasteiger partial charge in [-0.25, -0.2) is 14.8 Å². The first-order chi connectivity index (χ1) is 13.6. The third kappa shape index (κ3) is 3.31. The standard InChI is InChI=1S/C19H17N5O3S/c1-2-7-24-16-12(18(26)23-19(24)27)8-11(9-20-16)17(25)21-10-15-22-13-5-3-4-6-14(13)28-15/h3-6,8-9H,2,7,10H2,1H3,(H,21,25)(H,23,26,27). The number of pyridine rings is 1. The Hall–Kier alpha value is -3.33. The van der Waals surface area contributed by atoms with Gasteiger partial charge >= 0.3 is 5.69 Å². The van der Waals surface area contributed by atoms with Crippen LogP contribution in [0.5, 0.6) is 0 Å². The number of rotatable bonds is 5. The lowest BCUT2D eigenvalue weighted by Crippen LogP contribution is -2.31. The van der Waals surface area contributed by atoms with Gasteiger partial charge in [-0.05, 0) is 24.6 Å². The molecule has 0 spiro atoms. The van der Waals surface area contributed by atoms with Crippen molar-refractivity contribution in [3.63, 3.8) is 0 Å². The second-order valence-electron chi connectivity index (χ2n) is 6.26. The van der Waals surface area contributed by atoms with E-state index in [1.54, 1.807) is 0 Å². The number of carbonyl (C=O) groups is 1. The average Bonchev–Trinajstić information content (AvgIpc) is 3.12. The van der Waals surface area contributed by atoms with Crippen molar-refractivity contribution in [2.75, 3.05) is 0 Å². The molecule has 4 rings (SSSR count). The van der Waals surface area contributed by atoms with E-state index in [0.29, 0.717) is 13.0 Å². The van der Waals surface area contributed by atoms with E-state index < -0.39 is 11.2 Å². The molecule has 0 fully saturated rings. The van der Waals surface area contributed by atoms with Crippen molar-refractivity contribution in [3.8, 4) is 0 Å². The maximum absolute atomic E-state index is 12.5. The van der Waals surface area contributed by atoms with Crippen LogP contribution in [0.1, 0.15) is 28.7 Å². The molecule has 3 heterocycles. The quantitative estimate of drug-likeness (QED) is 0.537. The second kappa shape index (κ2) is 7.35. The summed E-state index contributed by atoms with van der Waals surface area (Å²) in [7, 11) is 0. The van der Waals surface area contributed by atoms with Crippen LogP contribution < -0.4 is 16.6 Å². The van der Waals surface area contributed by atoms with Gasteiger partial charge in [0.2, 0.25) is 0 Å². The maximum Gasteiger partial charge on any atom is 0.329 e. The van der Waals surface area contributed by atoms with Crippen LogP contribution in [0.4, 0.5) is 0 Å². The van der Waals surface area contributed by atoms with Crippen LogP contribution in [-0.4, -0.2) is 25.4 Å². The third-order valence-electron chi connectivity index (χ3n) is 4.28. The van der Waals surface area contributed by atoms with E-state index in [-0.39, 0.29) is 29.0 Å². The number of H-pyrrole nitrogens is 1. The maximum atomic E-state index is 12.5. The monoisotopic (exact) mass is 395 g/mol. The van der Waals surface area contributed by atoms with Crippen LogP contribution in [0.15, 0.2) is 46.1 Å². The molecule has 0 unspecified atom stereocenters. The molecule has 142 valence electrons. The molecule has 28 heavy (non-hydrogen) atoms. The zero-order valence-electron chi connectivity index (χ0n) is 15.1. The van der Waals surface area contributed by atoms with Gasteiger partial charge in [0.15, 0.2) is 0 Å². The zero-order valence-corrected chi connectivity index (χ0v) is 15.9. The predicted octanol–water partition coefficient (Wildman–Crippen LogP) is 2.03. The molecule has 0 aliphatic heterocycles. The molecule has 0 aliphatic rings. The highest BCUT2D eigenvalue weighted by Gasteiger charge is 2.13. The van der Waals surface area contributed by atoms with Gasteiger partial charge in [0.05, 0.1) is 27.7 Å². The molecular weight excluding hydrogens is 378 g/mol. The summed E-state index contributed by atoms with van der Waals surface area (Å²) in [6, 6.07) is 9.22. The Balaban J connectivity index is 1.60. The second-order valence-corrected chi connectivity index (χ2v) is 7.38. The van der Waals surface area contributed by atoms with E-state index in [9.17, 15) is 14.4 Å². The summed E-state index contributed by atoms with van der Waals surface area (Å²) in [4.78, 5) is 47.6. The number of aryl methyl sites for hydroxylation is 1. The number of aromatic nitrogens is 4. The molecular formula is C19H17N5O3S. The molecule has 0 saturated heterocycles. The summed E-state index contributed by atoms with van der Waals surface area (Å²) in [5.41, 5.74) is 0.365. The Morgan fingerprint density at radius 3 is 2.89 bits per heavy atom. The third-order valence-corrected chi connectivity index (χ3v) is 5.32.